The van der Waals surface area contributed by atoms with Crippen LogP contribution in [0.3, 0.4) is 0 Å². The predicted octanol–water partition coefficient (Wildman–Crippen LogP) is 4.20. The Hall–Kier alpha value is -3.21. The number of nitrogens with zero attached hydrogens (tertiary/aromatic N) is 1. The average Bonchev–Trinajstić information content (AvgIpc) is 2.75. The summed E-state index contributed by atoms with van der Waals surface area (Å²) < 4.78 is 6.74. The van der Waals surface area contributed by atoms with Gasteiger partial charge in [-0.1, -0.05) is 79.9 Å². The molecule has 2 aromatic carbocycles. The molecular formula is C23H21NO4. The van der Waals surface area contributed by atoms with E-state index in [0.29, 0.717) is 11.1 Å². The molecule has 3 aromatic rings. The highest BCUT2D eigenvalue weighted by Gasteiger charge is 2.28. The summed E-state index contributed by atoms with van der Waals surface area (Å²) in [6.45, 7) is 0. The summed E-state index contributed by atoms with van der Waals surface area (Å²) in [5.74, 6) is -1.09. The van der Waals surface area contributed by atoms with Gasteiger partial charge in [0.1, 0.15) is 5.56 Å². The zero-order valence-corrected chi connectivity index (χ0v) is 15.5. The number of rotatable bonds is 4. The molecule has 0 N–H and O–H groups in total. The maximum Gasteiger partial charge on any atom is 0.422 e. The maximum atomic E-state index is 13.4. The molecule has 0 unspecified atom stereocenters. The molecule has 1 heterocycles. The van der Waals surface area contributed by atoms with Gasteiger partial charge in [0.25, 0.3) is 5.56 Å². The molecule has 142 valence electrons. The van der Waals surface area contributed by atoms with E-state index in [1.54, 1.807) is 54.6 Å². The van der Waals surface area contributed by atoms with E-state index in [4.69, 9.17) is 4.42 Å². The van der Waals surface area contributed by atoms with Crippen molar-refractivity contribution in [2.24, 2.45) is 0 Å². The Kier molecular flexibility index (Phi) is 5.06. The van der Waals surface area contributed by atoms with Crippen molar-refractivity contribution in [3.05, 3.63) is 92.7 Å². The van der Waals surface area contributed by atoms with Gasteiger partial charge in [-0.25, -0.2) is 9.36 Å². The largest absolute Gasteiger partial charge is 0.422 e. The minimum absolute atomic E-state index is 0.0384. The highest BCUT2D eigenvalue weighted by Crippen LogP contribution is 2.28. The first-order valence-electron chi connectivity index (χ1n) is 9.61. The molecule has 5 heteroatoms. The third kappa shape index (κ3) is 3.36. The van der Waals surface area contributed by atoms with E-state index in [-0.39, 0.29) is 17.4 Å². The van der Waals surface area contributed by atoms with E-state index in [9.17, 15) is 14.4 Å². The average molecular weight is 375 g/mol. The Balaban J connectivity index is 1.96. The zero-order chi connectivity index (χ0) is 19.5. The normalized spacial score (nSPS) is 14.7. The van der Waals surface area contributed by atoms with Crippen LogP contribution in [0.2, 0.25) is 0 Å². The number of carbonyl (C=O) groups excluding carboxylic acids is 1. The minimum Gasteiger partial charge on any atom is -0.408 e. The van der Waals surface area contributed by atoms with Gasteiger partial charge in [0.2, 0.25) is 5.78 Å². The highest BCUT2D eigenvalue weighted by molar-refractivity contribution is 6.11. The van der Waals surface area contributed by atoms with Crippen molar-refractivity contribution < 1.29 is 9.21 Å². The van der Waals surface area contributed by atoms with Crippen molar-refractivity contribution in [1.29, 1.82) is 0 Å². The second-order valence-corrected chi connectivity index (χ2v) is 7.10. The van der Waals surface area contributed by atoms with Crippen LogP contribution in [-0.4, -0.2) is 10.4 Å². The van der Waals surface area contributed by atoms with Crippen LogP contribution in [0.15, 0.2) is 74.7 Å². The van der Waals surface area contributed by atoms with Crippen molar-refractivity contribution in [2.45, 2.75) is 38.1 Å². The number of hydrogen-bond donors (Lipinski definition) is 0. The highest BCUT2D eigenvalue weighted by atomic mass is 16.4. The van der Waals surface area contributed by atoms with Gasteiger partial charge < -0.3 is 4.42 Å². The fourth-order valence-corrected chi connectivity index (χ4v) is 3.87. The Morgan fingerprint density at radius 2 is 1.46 bits per heavy atom. The molecule has 1 saturated carbocycles. The monoisotopic (exact) mass is 375 g/mol. The van der Waals surface area contributed by atoms with E-state index in [2.05, 4.69) is 0 Å². The first-order chi connectivity index (χ1) is 13.7. The molecule has 28 heavy (non-hydrogen) atoms. The molecule has 0 aliphatic heterocycles. The zero-order valence-electron chi connectivity index (χ0n) is 15.5. The molecule has 1 fully saturated rings. The van der Waals surface area contributed by atoms with Crippen LogP contribution < -0.4 is 11.3 Å². The summed E-state index contributed by atoms with van der Waals surface area (Å²) in [6, 6.07) is 17.2. The molecule has 0 spiro atoms. The Bertz CT molecular complexity index is 1090. The van der Waals surface area contributed by atoms with Gasteiger partial charge in [0.15, 0.2) is 5.76 Å². The lowest BCUT2D eigenvalue weighted by Crippen LogP contribution is -2.40. The molecule has 4 rings (SSSR count). The number of ketones is 1. The van der Waals surface area contributed by atoms with Crippen molar-refractivity contribution in [3.63, 3.8) is 0 Å². The summed E-state index contributed by atoms with van der Waals surface area (Å²) in [4.78, 5) is 39.3. The maximum absolute atomic E-state index is 13.4. The molecular weight excluding hydrogens is 354 g/mol. The lowest BCUT2D eigenvalue weighted by Gasteiger charge is -2.23. The molecule has 0 bridgehead atoms. The molecule has 1 aromatic heterocycles. The Morgan fingerprint density at radius 1 is 0.857 bits per heavy atom. The van der Waals surface area contributed by atoms with Gasteiger partial charge in [-0.2, -0.15) is 0 Å². The summed E-state index contributed by atoms with van der Waals surface area (Å²) >= 11 is 0. The van der Waals surface area contributed by atoms with Crippen LogP contribution in [0, 0.1) is 0 Å². The fraction of sp³-hybridized carbons (Fsp3) is 0.261. The first kappa shape index (κ1) is 18.2. The van der Waals surface area contributed by atoms with Crippen LogP contribution in [-0.2, 0) is 0 Å². The molecule has 0 radical (unpaired) electrons. The van der Waals surface area contributed by atoms with Gasteiger partial charge in [-0.15, -0.1) is 0 Å². The van der Waals surface area contributed by atoms with E-state index in [1.165, 1.54) is 0 Å². The first-order valence-corrected chi connectivity index (χ1v) is 9.61. The molecule has 0 amide bonds. The Labute approximate surface area is 162 Å². The number of carbonyl (C=O) groups is 1. The quantitative estimate of drug-likeness (QED) is 0.641. The van der Waals surface area contributed by atoms with Gasteiger partial charge in [-0.3, -0.25) is 9.59 Å². The number of aromatic nitrogens is 1. The topological polar surface area (TPSA) is 69.3 Å². The Morgan fingerprint density at radius 3 is 2.11 bits per heavy atom. The van der Waals surface area contributed by atoms with E-state index in [0.717, 1.165) is 36.7 Å². The van der Waals surface area contributed by atoms with Crippen molar-refractivity contribution in [3.8, 4) is 11.3 Å². The lowest BCUT2D eigenvalue weighted by molar-refractivity contribution is 0.103. The molecule has 0 atom stereocenters. The summed E-state index contributed by atoms with van der Waals surface area (Å²) in [5.41, 5.74) is 0.283. The van der Waals surface area contributed by atoms with Crippen LogP contribution in [0.5, 0.6) is 0 Å². The second kappa shape index (κ2) is 7.80. The lowest BCUT2D eigenvalue weighted by atomic mass is 9.94. The fourth-order valence-electron chi connectivity index (χ4n) is 3.87. The SMILES string of the molecule is O=C(c1ccccc1)c1c(-c2ccccc2)oc(=O)n(C2CCCCC2)c1=O. The minimum atomic E-state index is -0.694. The molecule has 0 saturated heterocycles. The van der Waals surface area contributed by atoms with Gasteiger partial charge in [-0.05, 0) is 12.8 Å². The third-order valence-corrected chi connectivity index (χ3v) is 5.28. The standard InChI is InChI=1S/C23H21NO4/c25-20(16-10-4-1-5-11-16)19-21(17-12-6-2-7-13-17)28-23(27)24(22(19)26)18-14-8-3-9-15-18/h1-2,4-7,10-13,18H,3,8-9,14-15H2. The van der Waals surface area contributed by atoms with Crippen molar-refractivity contribution >= 4 is 5.78 Å². The van der Waals surface area contributed by atoms with Gasteiger partial charge in [0, 0.05) is 17.2 Å². The van der Waals surface area contributed by atoms with E-state index in [1.807, 2.05) is 6.07 Å². The molecule has 1 aliphatic rings. The van der Waals surface area contributed by atoms with Crippen LogP contribution in [0.1, 0.15) is 54.1 Å². The summed E-state index contributed by atoms with van der Waals surface area (Å²) in [6.07, 6.45) is 4.50. The third-order valence-electron chi connectivity index (χ3n) is 5.28. The van der Waals surface area contributed by atoms with Gasteiger partial charge in [0.05, 0.1) is 0 Å². The van der Waals surface area contributed by atoms with Crippen molar-refractivity contribution in [2.75, 3.05) is 0 Å². The smallest absolute Gasteiger partial charge is 0.408 e. The van der Waals surface area contributed by atoms with E-state index >= 15 is 0 Å². The van der Waals surface area contributed by atoms with Crippen molar-refractivity contribution in [1.82, 2.24) is 4.57 Å². The second-order valence-electron chi connectivity index (χ2n) is 7.10. The van der Waals surface area contributed by atoms with Gasteiger partial charge >= 0.3 is 5.76 Å². The van der Waals surface area contributed by atoms with E-state index < -0.39 is 17.1 Å². The molecule has 1 aliphatic carbocycles. The van der Waals surface area contributed by atoms with Crippen LogP contribution >= 0.6 is 0 Å². The summed E-state index contributed by atoms with van der Waals surface area (Å²) in [7, 11) is 0. The van der Waals surface area contributed by atoms with Crippen LogP contribution in [0.25, 0.3) is 11.3 Å². The number of hydrogen-bond acceptors (Lipinski definition) is 4. The summed E-state index contributed by atoms with van der Waals surface area (Å²) in [5, 5.41) is 0. The molecule has 5 nitrogen and oxygen atoms in total. The van der Waals surface area contributed by atoms with Crippen LogP contribution in [0.4, 0.5) is 0 Å². The predicted molar refractivity (Wildman–Crippen MR) is 107 cm³/mol. The number of benzene rings is 2.